The Morgan fingerprint density at radius 3 is 2.52 bits per heavy atom. The van der Waals surface area contributed by atoms with Gasteiger partial charge in [-0.1, -0.05) is 0 Å². The van der Waals surface area contributed by atoms with Gasteiger partial charge in [0.2, 0.25) is 15.9 Å². The summed E-state index contributed by atoms with van der Waals surface area (Å²) in [6.45, 7) is 3.77. The van der Waals surface area contributed by atoms with Gasteiger partial charge >= 0.3 is 0 Å². The van der Waals surface area contributed by atoms with E-state index in [4.69, 9.17) is 9.47 Å². The second kappa shape index (κ2) is 6.37. The molecule has 0 aliphatic carbocycles. The molecule has 126 valence electrons. The third-order valence-electron chi connectivity index (χ3n) is 3.94. The standard InChI is InChI=1S/C15H20N2O5S/c1-11(15(18)17-6-2-3-7-17)16-23(19,20)12-4-5-13-14(10-12)22-9-8-21-13/h4-5,10-11,16H,2-3,6-9H2,1H3/t11-/m0/s1. The van der Waals surface area contributed by atoms with Crippen molar-refractivity contribution >= 4 is 15.9 Å². The molecule has 1 N–H and O–H groups in total. The number of carbonyl (C=O) groups is 1. The Morgan fingerprint density at radius 2 is 1.83 bits per heavy atom. The van der Waals surface area contributed by atoms with Crippen LogP contribution in [0.2, 0.25) is 0 Å². The molecule has 1 atom stereocenters. The second-order valence-electron chi connectivity index (χ2n) is 5.68. The Labute approximate surface area is 135 Å². The number of carbonyl (C=O) groups excluding carboxylic acids is 1. The first-order valence-electron chi connectivity index (χ1n) is 7.68. The quantitative estimate of drug-likeness (QED) is 0.874. The molecule has 2 heterocycles. The van der Waals surface area contributed by atoms with Crippen LogP contribution in [0.1, 0.15) is 19.8 Å². The van der Waals surface area contributed by atoms with E-state index in [0.717, 1.165) is 12.8 Å². The second-order valence-corrected chi connectivity index (χ2v) is 7.39. The average Bonchev–Trinajstić information content (AvgIpc) is 3.07. The molecule has 7 nitrogen and oxygen atoms in total. The lowest BCUT2D eigenvalue weighted by molar-refractivity contribution is -0.131. The molecular formula is C15H20N2O5S. The maximum Gasteiger partial charge on any atom is 0.241 e. The van der Waals surface area contributed by atoms with Gasteiger partial charge in [-0.05, 0) is 31.9 Å². The number of likely N-dealkylation sites (tertiary alicyclic amines) is 1. The summed E-state index contributed by atoms with van der Waals surface area (Å²) in [5, 5.41) is 0. The summed E-state index contributed by atoms with van der Waals surface area (Å²) >= 11 is 0. The van der Waals surface area contributed by atoms with E-state index in [1.165, 1.54) is 12.1 Å². The monoisotopic (exact) mass is 340 g/mol. The number of benzene rings is 1. The van der Waals surface area contributed by atoms with Gasteiger partial charge in [0.1, 0.15) is 13.2 Å². The third-order valence-corrected chi connectivity index (χ3v) is 5.48. The number of rotatable bonds is 4. The van der Waals surface area contributed by atoms with Crippen molar-refractivity contribution in [3.8, 4) is 11.5 Å². The Kier molecular flexibility index (Phi) is 4.45. The molecule has 0 saturated carbocycles. The van der Waals surface area contributed by atoms with Crippen molar-refractivity contribution in [3.05, 3.63) is 18.2 Å². The Hall–Kier alpha value is -1.80. The van der Waals surface area contributed by atoms with Crippen molar-refractivity contribution in [2.75, 3.05) is 26.3 Å². The highest BCUT2D eigenvalue weighted by molar-refractivity contribution is 7.89. The number of sulfonamides is 1. The van der Waals surface area contributed by atoms with Crippen LogP contribution in [-0.4, -0.2) is 51.6 Å². The zero-order chi connectivity index (χ0) is 16.4. The minimum absolute atomic E-state index is 0.0582. The van der Waals surface area contributed by atoms with Crippen molar-refractivity contribution in [2.24, 2.45) is 0 Å². The zero-order valence-corrected chi connectivity index (χ0v) is 13.8. The molecule has 0 bridgehead atoms. The average molecular weight is 340 g/mol. The smallest absolute Gasteiger partial charge is 0.241 e. The first-order chi connectivity index (χ1) is 11.0. The Balaban J connectivity index is 1.74. The summed E-state index contributed by atoms with van der Waals surface area (Å²) in [5.74, 6) is 0.734. The summed E-state index contributed by atoms with van der Waals surface area (Å²) in [7, 11) is -3.80. The molecule has 23 heavy (non-hydrogen) atoms. The minimum atomic E-state index is -3.80. The van der Waals surface area contributed by atoms with Crippen LogP contribution in [0.4, 0.5) is 0 Å². The van der Waals surface area contributed by atoms with Gasteiger partial charge < -0.3 is 14.4 Å². The predicted octanol–water partition coefficient (Wildman–Crippen LogP) is 0.747. The molecule has 0 radical (unpaired) electrons. The summed E-state index contributed by atoms with van der Waals surface area (Å²) < 4.78 is 38.2. The molecule has 1 amide bonds. The largest absolute Gasteiger partial charge is 0.486 e. The highest BCUT2D eigenvalue weighted by Gasteiger charge is 2.28. The van der Waals surface area contributed by atoms with Crippen molar-refractivity contribution < 1.29 is 22.7 Å². The van der Waals surface area contributed by atoms with Gasteiger partial charge in [-0.15, -0.1) is 0 Å². The van der Waals surface area contributed by atoms with Crippen molar-refractivity contribution in [1.29, 1.82) is 0 Å². The normalized spacial score (nSPS) is 18.7. The number of amides is 1. The minimum Gasteiger partial charge on any atom is -0.486 e. The van der Waals surface area contributed by atoms with E-state index in [2.05, 4.69) is 4.72 Å². The van der Waals surface area contributed by atoms with Crippen LogP contribution in [0.3, 0.4) is 0 Å². The van der Waals surface area contributed by atoms with Crippen LogP contribution in [0, 0.1) is 0 Å². The van der Waals surface area contributed by atoms with E-state index < -0.39 is 16.1 Å². The predicted molar refractivity (Wildman–Crippen MR) is 83.0 cm³/mol. The number of nitrogens with zero attached hydrogens (tertiary/aromatic N) is 1. The fourth-order valence-corrected chi connectivity index (χ4v) is 3.97. The number of nitrogens with one attached hydrogen (secondary N) is 1. The molecule has 0 spiro atoms. The maximum atomic E-state index is 12.5. The summed E-state index contributed by atoms with van der Waals surface area (Å²) in [5.41, 5.74) is 0. The molecule has 2 aliphatic heterocycles. The van der Waals surface area contributed by atoms with E-state index in [0.29, 0.717) is 37.8 Å². The van der Waals surface area contributed by atoms with E-state index in [-0.39, 0.29) is 10.8 Å². The molecule has 0 unspecified atom stereocenters. The molecule has 1 aromatic rings. The van der Waals surface area contributed by atoms with Crippen LogP contribution in [0.15, 0.2) is 23.1 Å². The van der Waals surface area contributed by atoms with Gasteiger partial charge in [0.15, 0.2) is 11.5 Å². The lowest BCUT2D eigenvalue weighted by Crippen LogP contribution is -2.45. The van der Waals surface area contributed by atoms with E-state index in [1.54, 1.807) is 17.9 Å². The molecule has 0 aromatic heterocycles. The highest BCUT2D eigenvalue weighted by Crippen LogP contribution is 2.32. The van der Waals surface area contributed by atoms with E-state index in [1.807, 2.05) is 0 Å². The first-order valence-corrected chi connectivity index (χ1v) is 9.16. The summed E-state index contributed by atoms with van der Waals surface area (Å²) in [4.78, 5) is 14.0. The fraction of sp³-hybridized carbons (Fsp3) is 0.533. The van der Waals surface area contributed by atoms with E-state index in [9.17, 15) is 13.2 Å². The maximum absolute atomic E-state index is 12.5. The molecule has 2 aliphatic rings. The third kappa shape index (κ3) is 3.42. The number of hydrogen-bond acceptors (Lipinski definition) is 5. The summed E-state index contributed by atoms with van der Waals surface area (Å²) in [6, 6.07) is 3.63. The number of fused-ring (bicyclic) bond motifs is 1. The van der Waals surface area contributed by atoms with Gasteiger partial charge in [0.05, 0.1) is 10.9 Å². The van der Waals surface area contributed by atoms with Crippen molar-refractivity contribution in [2.45, 2.75) is 30.7 Å². The SMILES string of the molecule is C[C@H](NS(=O)(=O)c1ccc2c(c1)OCCO2)C(=O)N1CCCC1. The molecule has 1 saturated heterocycles. The highest BCUT2D eigenvalue weighted by atomic mass is 32.2. The number of ether oxygens (including phenoxy) is 2. The lowest BCUT2D eigenvalue weighted by Gasteiger charge is -2.22. The topological polar surface area (TPSA) is 84.9 Å². The fourth-order valence-electron chi connectivity index (χ4n) is 2.75. The van der Waals surface area contributed by atoms with Gasteiger partial charge in [-0.3, -0.25) is 4.79 Å². The van der Waals surface area contributed by atoms with Crippen LogP contribution in [-0.2, 0) is 14.8 Å². The first kappa shape index (κ1) is 16.1. The van der Waals surface area contributed by atoms with Crippen molar-refractivity contribution in [1.82, 2.24) is 9.62 Å². The van der Waals surface area contributed by atoms with Crippen LogP contribution in [0.5, 0.6) is 11.5 Å². The van der Waals surface area contributed by atoms with Crippen LogP contribution >= 0.6 is 0 Å². The molecule has 1 aromatic carbocycles. The molecule has 1 fully saturated rings. The summed E-state index contributed by atoms with van der Waals surface area (Å²) in [6.07, 6.45) is 1.93. The van der Waals surface area contributed by atoms with E-state index >= 15 is 0 Å². The molecule has 3 rings (SSSR count). The molecule has 8 heteroatoms. The van der Waals surface area contributed by atoms with Crippen LogP contribution < -0.4 is 14.2 Å². The Bertz CT molecular complexity index is 698. The Morgan fingerprint density at radius 1 is 1.17 bits per heavy atom. The van der Waals surface area contributed by atoms with Crippen LogP contribution in [0.25, 0.3) is 0 Å². The van der Waals surface area contributed by atoms with Gasteiger partial charge in [-0.2, -0.15) is 4.72 Å². The number of hydrogen-bond donors (Lipinski definition) is 1. The van der Waals surface area contributed by atoms with Crippen molar-refractivity contribution in [3.63, 3.8) is 0 Å². The molecular weight excluding hydrogens is 320 g/mol. The lowest BCUT2D eigenvalue weighted by atomic mass is 10.3. The zero-order valence-electron chi connectivity index (χ0n) is 12.9. The van der Waals surface area contributed by atoms with Gasteiger partial charge in [0, 0.05) is 19.2 Å². The van der Waals surface area contributed by atoms with Gasteiger partial charge in [0.25, 0.3) is 0 Å². The van der Waals surface area contributed by atoms with Gasteiger partial charge in [-0.25, -0.2) is 8.42 Å².